The normalized spacial score (nSPS) is 11.2. The minimum Gasteiger partial charge on any atom is -0.321 e. The lowest BCUT2D eigenvalue weighted by Gasteiger charge is -2.07. The SMILES string of the molecule is NS(=O)(=O)Cc1ccc(NC(=O)c2nc(Cl)ccc2Cl)cc1. The van der Waals surface area contributed by atoms with Gasteiger partial charge in [-0.05, 0) is 29.8 Å². The van der Waals surface area contributed by atoms with Crippen LogP contribution in [-0.4, -0.2) is 19.3 Å². The third kappa shape index (κ3) is 4.67. The molecule has 3 N–H and O–H groups in total. The van der Waals surface area contributed by atoms with Crippen LogP contribution >= 0.6 is 23.2 Å². The van der Waals surface area contributed by atoms with E-state index in [-0.39, 0.29) is 21.6 Å². The molecule has 1 aromatic heterocycles. The van der Waals surface area contributed by atoms with Crippen molar-refractivity contribution in [2.75, 3.05) is 5.32 Å². The number of nitrogens with two attached hydrogens (primary N) is 1. The summed E-state index contributed by atoms with van der Waals surface area (Å²) in [6.07, 6.45) is 0. The van der Waals surface area contributed by atoms with Gasteiger partial charge in [-0.25, -0.2) is 18.5 Å². The number of carbonyl (C=O) groups excluding carboxylic acids is 1. The Morgan fingerprint density at radius 3 is 2.36 bits per heavy atom. The van der Waals surface area contributed by atoms with Crippen LogP contribution in [0.2, 0.25) is 10.2 Å². The van der Waals surface area contributed by atoms with Crippen LogP contribution in [-0.2, 0) is 15.8 Å². The molecule has 6 nitrogen and oxygen atoms in total. The lowest BCUT2D eigenvalue weighted by atomic mass is 10.2. The maximum Gasteiger partial charge on any atom is 0.275 e. The number of nitrogens with zero attached hydrogens (tertiary/aromatic N) is 1. The number of amides is 1. The van der Waals surface area contributed by atoms with Gasteiger partial charge in [-0.1, -0.05) is 35.3 Å². The zero-order valence-electron chi connectivity index (χ0n) is 11.1. The van der Waals surface area contributed by atoms with E-state index in [1.165, 1.54) is 12.1 Å². The van der Waals surface area contributed by atoms with Crippen LogP contribution in [0, 0.1) is 0 Å². The van der Waals surface area contributed by atoms with Crippen LogP contribution in [0.5, 0.6) is 0 Å². The van der Waals surface area contributed by atoms with Crippen molar-refractivity contribution in [3.05, 3.63) is 57.8 Å². The van der Waals surface area contributed by atoms with Crippen molar-refractivity contribution in [3.8, 4) is 0 Å². The van der Waals surface area contributed by atoms with Crippen molar-refractivity contribution in [1.82, 2.24) is 4.98 Å². The van der Waals surface area contributed by atoms with Crippen molar-refractivity contribution < 1.29 is 13.2 Å². The molecule has 2 aromatic rings. The number of aromatic nitrogens is 1. The molecule has 1 amide bonds. The number of carbonyl (C=O) groups is 1. The predicted molar refractivity (Wildman–Crippen MR) is 85.5 cm³/mol. The molecule has 0 aliphatic carbocycles. The molecular formula is C13H11Cl2N3O3S. The summed E-state index contributed by atoms with van der Waals surface area (Å²) in [5, 5.41) is 7.88. The summed E-state index contributed by atoms with van der Waals surface area (Å²) in [5.41, 5.74) is 0.975. The molecule has 0 atom stereocenters. The third-order valence-electron chi connectivity index (χ3n) is 2.61. The second kappa shape index (κ2) is 6.62. The fourth-order valence-electron chi connectivity index (χ4n) is 1.68. The molecule has 0 aliphatic rings. The largest absolute Gasteiger partial charge is 0.321 e. The van der Waals surface area contributed by atoms with E-state index in [1.807, 2.05) is 0 Å². The van der Waals surface area contributed by atoms with Gasteiger partial charge in [-0.15, -0.1) is 0 Å². The van der Waals surface area contributed by atoms with Crippen LogP contribution in [0.25, 0.3) is 0 Å². The molecule has 0 unspecified atom stereocenters. The summed E-state index contributed by atoms with van der Waals surface area (Å²) in [4.78, 5) is 15.9. The maximum absolute atomic E-state index is 12.1. The van der Waals surface area contributed by atoms with Gasteiger partial charge in [-0.2, -0.15) is 0 Å². The summed E-state index contributed by atoms with van der Waals surface area (Å²) in [6, 6.07) is 9.15. The minimum atomic E-state index is -3.60. The Morgan fingerprint density at radius 1 is 1.14 bits per heavy atom. The molecule has 1 aromatic carbocycles. The third-order valence-corrected chi connectivity index (χ3v) is 3.86. The molecular weight excluding hydrogens is 349 g/mol. The molecule has 0 saturated heterocycles. The zero-order valence-corrected chi connectivity index (χ0v) is 13.4. The van der Waals surface area contributed by atoms with E-state index in [1.54, 1.807) is 24.3 Å². The number of benzene rings is 1. The van der Waals surface area contributed by atoms with E-state index in [0.29, 0.717) is 11.3 Å². The van der Waals surface area contributed by atoms with Crippen molar-refractivity contribution in [2.45, 2.75) is 5.75 Å². The average molecular weight is 360 g/mol. The second-order valence-corrected chi connectivity index (χ2v) is 6.83. The highest BCUT2D eigenvalue weighted by Crippen LogP contribution is 2.19. The van der Waals surface area contributed by atoms with Gasteiger partial charge in [0.05, 0.1) is 10.8 Å². The van der Waals surface area contributed by atoms with Crippen LogP contribution in [0.3, 0.4) is 0 Å². The fraction of sp³-hybridized carbons (Fsp3) is 0.0769. The Balaban J connectivity index is 2.14. The van der Waals surface area contributed by atoms with E-state index in [4.69, 9.17) is 28.3 Å². The van der Waals surface area contributed by atoms with Crippen molar-refractivity contribution in [1.29, 1.82) is 0 Å². The van der Waals surface area contributed by atoms with Gasteiger partial charge in [0.2, 0.25) is 10.0 Å². The van der Waals surface area contributed by atoms with Gasteiger partial charge < -0.3 is 5.32 Å². The zero-order chi connectivity index (χ0) is 16.3. The maximum atomic E-state index is 12.1. The summed E-state index contributed by atoms with van der Waals surface area (Å²) >= 11 is 11.6. The summed E-state index contributed by atoms with van der Waals surface area (Å²) in [6.45, 7) is 0. The highest BCUT2D eigenvalue weighted by atomic mass is 35.5. The van der Waals surface area contributed by atoms with Gasteiger partial charge >= 0.3 is 0 Å². The molecule has 0 fully saturated rings. The summed E-state index contributed by atoms with van der Waals surface area (Å²) in [5.74, 6) is -0.796. The molecule has 0 spiro atoms. The van der Waals surface area contributed by atoms with Gasteiger partial charge in [0.1, 0.15) is 10.8 Å². The molecule has 2 rings (SSSR count). The smallest absolute Gasteiger partial charge is 0.275 e. The lowest BCUT2D eigenvalue weighted by molar-refractivity contribution is 0.102. The van der Waals surface area contributed by atoms with Crippen LogP contribution in [0.4, 0.5) is 5.69 Å². The van der Waals surface area contributed by atoms with Crippen LogP contribution in [0.1, 0.15) is 16.1 Å². The first-order valence-corrected chi connectivity index (χ1v) is 8.44. The number of hydrogen-bond acceptors (Lipinski definition) is 4. The van der Waals surface area contributed by atoms with Crippen LogP contribution < -0.4 is 10.5 Å². The topological polar surface area (TPSA) is 102 Å². The molecule has 1 heterocycles. The number of nitrogens with one attached hydrogen (secondary N) is 1. The van der Waals surface area contributed by atoms with E-state index in [2.05, 4.69) is 10.3 Å². The number of anilines is 1. The second-order valence-electron chi connectivity index (χ2n) is 4.42. The van der Waals surface area contributed by atoms with E-state index in [0.717, 1.165) is 0 Å². The number of primary sulfonamides is 1. The number of sulfonamides is 1. The Kier molecular flexibility index (Phi) is 5.02. The van der Waals surface area contributed by atoms with Crippen LogP contribution in [0.15, 0.2) is 36.4 Å². The molecule has 0 aliphatic heterocycles. The first-order chi connectivity index (χ1) is 10.2. The molecule has 0 bridgehead atoms. The van der Waals surface area contributed by atoms with Gasteiger partial charge in [0.25, 0.3) is 5.91 Å². The van der Waals surface area contributed by atoms with E-state index >= 15 is 0 Å². The quantitative estimate of drug-likeness (QED) is 0.818. The number of rotatable bonds is 4. The van der Waals surface area contributed by atoms with Gasteiger partial charge in [0.15, 0.2) is 0 Å². The molecule has 22 heavy (non-hydrogen) atoms. The highest BCUT2D eigenvalue weighted by Gasteiger charge is 2.13. The predicted octanol–water partition coefficient (Wildman–Crippen LogP) is 2.43. The Bertz CT molecular complexity index is 808. The summed E-state index contributed by atoms with van der Waals surface area (Å²) in [7, 11) is -3.60. The fourth-order valence-corrected chi connectivity index (χ4v) is 2.68. The Morgan fingerprint density at radius 2 is 1.77 bits per heavy atom. The Labute approximate surface area is 137 Å². The lowest BCUT2D eigenvalue weighted by Crippen LogP contribution is -2.15. The van der Waals surface area contributed by atoms with Gasteiger partial charge in [-0.3, -0.25) is 4.79 Å². The van der Waals surface area contributed by atoms with Crippen molar-refractivity contribution in [2.24, 2.45) is 5.14 Å². The number of pyridine rings is 1. The minimum absolute atomic E-state index is 0.00257. The summed E-state index contributed by atoms with van der Waals surface area (Å²) < 4.78 is 22.0. The first-order valence-electron chi connectivity index (χ1n) is 5.97. The monoisotopic (exact) mass is 359 g/mol. The Hall–Kier alpha value is -1.67. The van der Waals surface area contributed by atoms with Crippen molar-refractivity contribution in [3.63, 3.8) is 0 Å². The van der Waals surface area contributed by atoms with E-state index in [9.17, 15) is 13.2 Å². The molecule has 0 saturated carbocycles. The van der Waals surface area contributed by atoms with E-state index < -0.39 is 15.9 Å². The number of hydrogen-bond donors (Lipinski definition) is 2. The standard InChI is InChI=1S/C13H11Cl2N3O3S/c14-10-5-6-11(15)18-12(10)13(19)17-9-3-1-8(2-4-9)7-22(16,20)21/h1-6H,7H2,(H,17,19)(H2,16,20,21). The number of halogens is 2. The molecule has 9 heteroatoms. The molecule has 116 valence electrons. The molecule has 0 radical (unpaired) electrons. The van der Waals surface area contributed by atoms with Crippen molar-refractivity contribution >= 4 is 44.8 Å². The highest BCUT2D eigenvalue weighted by molar-refractivity contribution is 7.88. The first kappa shape index (κ1) is 16.7. The average Bonchev–Trinajstić information content (AvgIpc) is 2.42. The van der Waals surface area contributed by atoms with Gasteiger partial charge in [0, 0.05) is 5.69 Å².